The zero-order chi connectivity index (χ0) is 27.2. The van der Waals surface area contributed by atoms with Gasteiger partial charge < -0.3 is 18.7 Å². The Bertz CT molecular complexity index is 1530. The van der Waals surface area contributed by atoms with E-state index < -0.39 is 5.82 Å². The summed E-state index contributed by atoms with van der Waals surface area (Å²) in [6.45, 7) is 10.1. The van der Waals surface area contributed by atoms with E-state index >= 15 is 0 Å². The first-order valence-electron chi connectivity index (χ1n) is 12.5. The fourth-order valence-electron chi connectivity index (χ4n) is 4.88. The third kappa shape index (κ3) is 4.83. The molecule has 10 heteroatoms. The molecule has 0 atom stereocenters. The molecule has 38 heavy (non-hydrogen) atoms. The summed E-state index contributed by atoms with van der Waals surface area (Å²) in [6.07, 6.45) is 3.30. The number of rotatable bonds is 5. The number of ether oxygens (including phenoxy) is 1. The van der Waals surface area contributed by atoms with Gasteiger partial charge in [-0.2, -0.15) is 0 Å². The maximum Gasteiger partial charge on any atom is 0.332 e. The summed E-state index contributed by atoms with van der Waals surface area (Å²) in [5.74, 6) is 1.11. The van der Waals surface area contributed by atoms with E-state index in [4.69, 9.17) is 20.9 Å². The standard InChI is InChI=1S/C28H31ClFN5O3/c1-28(2,3)34-11-9-33(10-12-34)25-17-24(38-31-25)21-16-19(30)15-20(26(21)37-5)18-6-7-23(22(29)14-18)35-13-8-32(4)27(35)36/h6-8,13-17H,9-12H2,1-5H3. The Balaban J connectivity index is 1.47. The second-order valence-corrected chi connectivity index (χ2v) is 10.9. The number of halogens is 2. The van der Waals surface area contributed by atoms with Crippen LogP contribution in [-0.4, -0.2) is 58.0 Å². The van der Waals surface area contributed by atoms with Gasteiger partial charge in [0.05, 0.1) is 23.4 Å². The van der Waals surface area contributed by atoms with Gasteiger partial charge in [0, 0.05) is 62.8 Å². The van der Waals surface area contributed by atoms with Gasteiger partial charge in [-0.3, -0.25) is 9.47 Å². The van der Waals surface area contributed by atoms with Crippen LogP contribution in [0.3, 0.4) is 0 Å². The lowest BCUT2D eigenvalue weighted by Gasteiger charge is -2.42. The molecular formula is C28H31ClFN5O3. The van der Waals surface area contributed by atoms with Crippen molar-refractivity contribution in [2.45, 2.75) is 26.3 Å². The largest absolute Gasteiger partial charge is 0.495 e. The van der Waals surface area contributed by atoms with Crippen molar-refractivity contribution in [1.82, 2.24) is 19.2 Å². The number of hydrogen-bond donors (Lipinski definition) is 0. The molecule has 0 saturated carbocycles. The van der Waals surface area contributed by atoms with Crippen LogP contribution >= 0.6 is 11.6 Å². The maximum atomic E-state index is 14.9. The second-order valence-electron chi connectivity index (χ2n) is 10.5. The van der Waals surface area contributed by atoms with Crippen molar-refractivity contribution in [3.8, 4) is 33.9 Å². The van der Waals surface area contributed by atoms with Gasteiger partial charge in [0.2, 0.25) is 0 Å². The van der Waals surface area contributed by atoms with Crippen molar-refractivity contribution in [3.05, 3.63) is 70.1 Å². The Morgan fingerprint density at radius 1 is 1.03 bits per heavy atom. The molecule has 0 amide bonds. The normalized spacial score (nSPS) is 14.8. The minimum atomic E-state index is -0.452. The van der Waals surface area contributed by atoms with Crippen molar-refractivity contribution in [1.29, 1.82) is 0 Å². The maximum absolute atomic E-state index is 14.9. The van der Waals surface area contributed by atoms with Crippen molar-refractivity contribution in [2.75, 3.05) is 38.2 Å². The number of nitrogens with zero attached hydrogens (tertiary/aromatic N) is 5. The molecule has 0 radical (unpaired) electrons. The third-order valence-corrected chi connectivity index (χ3v) is 7.34. The number of aromatic nitrogens is 3. The van der Waals surface area contributed by atoms with E-state index in [1.807, 2.05) is 6.07 Å². The molecule has 0 unspecified atom stereocenters. The van der Waals surface area contributed by atoms with Crippen molar-refractivity contribution >= 4 is 17.4 Å². The Labute approximate surface area is 225 Å². The van der Waals surface area contributed by atoms with Crippen LogP contribution in [0.15, 0.2) is 58.1 Å². The monoisotopic (exact) mass is 539 g/mol. The lowest BCUT2D eigenvalue weighted by molar-refractivity contribution is 0.128. The molecule has 0 spiro atoms. The van der Waals surface area contributed by atoms with Crippen molar-refractivity contribution < 1.29 is 13.7 Å². The van der Waals surface area contributed by atoms with Gasteiger partial charge in [-0.1, -0.05) is 22.8 Å². The average Bonchev–Trinajstić information content (AvgIpc) is 3.50. The van der Waals surface area contributed by atoms with E-state index in [-0.39, 0.29) is 11.2 Å². The summed E-state index contributed by atoms with van der Waals surface area (Å²) in [4.78, 5) is 17.0. The molecule has 1 fully saturated rings. The summed E-state index contributed by atoms with van der Waals surface area (Å²) in [6, 6.07) is 9.80. The van der Waals surface area contributed by atoms with Crippen molar-refractivity contribution in [3.63, 3.8) is 0 Å². The predicted octanol–water partition coefficient (Wildman–Crippen LogP) is 5.22. The first-order valence-corrected chi connectivity index (χ1v) is 12.8. The third-order valence-electron chi connectivity index (χ3n) is 7.04. The number of imidazole rings is 1. The number of piperazine rings is 1. The summed E-state index contributed by atoms with van der Waals surface area (Å²) in [5, 5.41) is 4.63. The molecule has 0 aliphatic carbocycles. The molecule has 0 bridgehead atoms. The van der Waals surface area contributed by atoms with Gasteiger partial charge >= 0.3 is 5.69 Å². The summed E-state index contributed by atoms with van der Waals surface area (Å²) in [5.41, 5.74) is 2.03. The highest BCUT2D eigenvalue weighted by molar-refractivity contribution is 6.32. The zero-order valence-corrected chi connectivity index (χ0v) is 22.9. The highest BCUT2D eigenvalue weighted by Crippen LogP contribution is 2.42. The first kappa shape index (κ1) is 26.1. The van der Waals surface area contributed by atoms with Crippen LogP contribution in [-0.2, 0) is 7.05 Å². The average molecular weight is 540 g/mol. The van der Waals surface area contributed by atoms with Gasteiger partial charge in [-0.05, 0) is 50.6 Å². The number of hydrogen-bond acceptors (Lipinski definition) is 6. The molecule has 8 nitrogen and oxygen atoms in total. The molecular weight excluding hydrogens is 509 g/mol. The Morgan fingerprint density at radius 3 is 2.34 bits per heavy atom. The van der Waals surface area contributed by atoms with Gasteiger partial charge in [-0.25, -0.2) is 9.18 Å². The van der Waals surface area contributed by atoms with Gasteiger partial charge in [-0.15, -0.1) is 0 Å². The number of anilines is 1. The molecule has 1 saturated heterocycles. The summed E-state index contributed by atoms with van der Waals surface area (Å²) < 4.78 is 29.3. The van der Waals surface area contributed by atoms with E-state index in [9.17, 15) is 9.18 Å². The lowest BCUT2D eigenvalue weighted by Crippen LogP contribution is -2.53. The molecule has 1 aliphatic heterocycles. The van der Waals surface area contributed by atoms with E-state index in [0.717, 1.165) is 26.2 Å². The van der Waals surface area contributed by atoms with Crippen LogP contribution in [0.1, 0.15) is 20.8 Å². The molecule has 2 aromatic carbocycles. The molecule has 1 aliphatic rings. The zero-order valence-electron chi connectivity index (χ0n) is 22.2. The highest BCUT2D eigenvalue weighted by atomic mass is 35.5. The molecule has 5 rings (SSSR count). The van der Waals surface area contributed by atoms with Gasteiger partial charge in [0.15, 0.2) is 11.6 Å². The minimum absolute atomic E-state index is 0.116. The SMILES string of the molecule is COc1c(-c2ccc(-n3ccn(C)c3=O)c(Cl)c2)cc(F)cc1-c1cc(N2CCN(C(C)(C)C)CC2)no1. The van der Waals surface area contributed by atoms with Crippen LogP contribution in [0.5, 0.6) is 5.75 Å². The smallest absolute Gasteiger partial charge is 0.332 e. The van der Waals surface area contributed by atoms with Gasteiger partial charge in [0.1, 0.15) is 11.6 Å². The van der Waals surface area contributed by atoms with E-state index in [1.54, 1.807) is 37.6 Å². The summed E-state index contributed by atoms with van der Waals surface area (Å²) in [7, 11) is 3.20. The van der Waals surface area contributed by atoms with Crippen LogP contribution in [0, 0.1) is 5.82 Å². The predicted molar refractivity (Wildman–Crippen MR) is 147 cm³/mol. The van der Waals surface area contributed by atoms with Crippen LogP contribution in [0.2, 0.25) is 5.02 Å². The molecule has 0 N–H and O–H groups in total. The molecule has 2 aromatic heterocycles. The first-order chi connectivity index (χ1) is 18.1. The number of benzene rings is 2. The lowest BCUT2D eigenvalue weighted by atomic mass is 9.99. The number of aryl methyl sites for hydroxylation is 1. The Hall–Kier alpha value is -3.56. The van der Waals surface area contributed by atoms with E-state index in [2.05, 4.69) is 35.7 Å². The fraction of sp³-hybridized carbons (Fsp3) is 0.357. The van der Waals surface area contributed by atoms with E-state index in [1.165, 1.54) is 28.4 Å². The van der Waals surface area contributed by atoms with Gasteiger partial charge in [0.25, 0.3) is 0 Å². The Kier molecular flexibility index (Phi) is 6.83. The number of methoxy groups -OCH3 is 1. The molecule has 3 heterocycles. The quantitative estimate of drug-likeness (QED) is 0.346. The topological polar surface area (TPSA) is 68.7 Å². The molecule has 200 valence electrons. The minimum Gasteiger partial charge on any atom is -0.495 e. The van der Waals surface area contributed by atoms with Crippen LogP contribution < -0.4 is 15.3 Å². The summed E-state index contributed by atoms with van der Waals surface area (Å²) >= 11 is 6.57. The van der Waals surface area contributed by atoms with Crippen molar-refractivity contribution in [2.24, 2.45) is 7.05 Å². The highest BCUT2D eigenvalue weighted by Gasteiger charge is 2.28. The fourth-order valence-corrected chi connectivity index (χ4v) is 5.15. The Morgan fingerprint density at radius 2 is 1.74 bits per heavy atom. The van der Waals surface area contributed by atoms with E-state index in [0.29, 0.717) is 44.7 Å². The van der Waals surface area contributed by atoms with Crippen LogP contribution in [0.25, 0.3) is 28.1 Å². The second kappa shape index (κ2) is 9.96. The van der Waals surface area contributed by atoms with Crippen LogP contribution in [0.4, 0.5) is 10.2 Å². The molecule has 4 aromatic rings.